The number of rotatable bonds is 9. The van der Waals surface area contributed by atoms with Crippen LogP contribution in [0.15, 0.2) is 36.8 Å². The Kier molecular flexibility index (Phi) is 10.1. The van der Waals surface area contributed by atoms with Crippen molar-refractivity contribution in [3.05, 3.63) is 53.5 Å². The molecule has 248 valence electrons. The second-order valence-corrected chi connectivity index (χ2v) is 13.6. The van der Waals surface area contributed by atoms with Crippen LogP contribution in [0, 0.1) is 6.92 Å². The number of aryl methyl sites for hydroxylation is 1. The minimum atomic E-state index is -0.497. The van der Waals surface area contributed by atoms with Gasteiger partial charge < -0.3 is 24.6 Å². The average molecular weight is 634 g/mol. The van der Waals surface area contributed by atoms with Crippen molar-refractivity contribution < 1.29 is 23.9 Å². The summed E-state index contributed by atoms with van der Waals surface area (Å²) in [6.45, 7) is 15.0. The van der Waals surface area contributed by atoms with E-state index in [0.717, 1.165) is 56.3 Å². The van der Waals surface area contributed by atoms with Gasteiger partial charge in [0.2, 0.25) is 6.41 Å². The SMILES string of the molecule is Cc1cc(OC(C)C)c(NC(=O)c2cnn3cccnc23)cc1CN(C=O)[C@H]1CC[C@H](N2CCN(C(=O)OC(C)(C)C)CC2)CC1. The highest BCUT2D eigenvalue weighted by Gasteiger charge is 2.33. The van der Waals surface area contributed by atoms with Crippen LogP contribution in [0.25, 0.3) is 5.65 Å². The van der Waals surface area contributed by atoms with Gasteiger partial charge in [0.1, 0.15) is 16.9 Å². The van der Waals surface area contributed by atoms with Gasteiger partial charge in [-0.1, -0.05) is 0 Å². The normalized spacial score (nSPS) is 19.2. The van der Waals surface area contributed by atoms with E-state index in [-0.39, 0.29) is 24.1 Å². The zero-order valence-corrected chi connectivity index (χ0v) is 27.9. The minimum Gasteiger partial charge on any atom is -0.489 e. The van der Waals surface area contributed by atoms with Crippen LogP contribution in [-0.2, 0) is 16.1 Å². The van der Waals surface area contributed by atoms with Crippen molar-refractivity contribution in [1.29, 1.82) is 0 Å². The molecule has 2 aliphatic rings. The monoisotopic (exact) mass is 633 g/mol. The molecule has 3 heterocycles. The topological polar surface area (TPSA) is 122 Å². The number of amides is 3. The predicted octanol–water partition coefficient (Wildman–Crippen LogP) is 4.90. The number of carbonyl (C=O) groups is 3. The van der Waals surface area contributed by atoms with E-state index < -0.39 is 5.60 Å². The van der Waals surface area contributed by atoms with E-state index in [4.69, 9.17) is 9.47 Å². The molecule has 1 aromatic carbocycles. The van der Waals surface area contributed by atoms with Crippen LogP contribution < -0.4 is 10.1 Å². The number of nitrogens with zero attached hydrogens (tertiary/aromatic N) is 6. The Labute approximate surface area is 271 Å². The molecule has 0 atom stereocenters. The molecule has 3 amide bonds. The Bertz CT molecular complexity index is 1530. The van der Waals surface area contributed by atoms with E-state index >= 15 is 0 Å². The number of carbonyl (C=O) groups excluding carboxylic acids is 3. The van der Waals surface area contributed by atoms with Crippen molar-refractivity contribution in [2.45, 2.75) is 97.6 Å². The second-order valence-electron chi connectivity index (χ2n) is 13.6. The highest BCUT2D eigenvalue weighted by Crippen LogP contribution is 2.33. The first kappa shape index (κ1) is 33.2. The van der Waals surface area contributed by atoms with Gasteiger partial charge in [-0.2, -0.15) is 5.10 Å². The average Bonchev–Trinajstić information content (AvgIpc) is 3.45. The van der Waals surface area contributed by atoms with Crippen LogP contribution in [0.5, 0.6) is 5.75 Å². The van der Waals surface area contributed by atoms with E-state index in [9.17, 15) is 14.4 Å². The molecule has 1 saturated heterocycles. The van der Waals surface area contributed by atoms with Crippen molar-refractivity contribution in [2.24, 2.45) is 0 Å². The molecule has 46 heavy (non-hydrogen) atoms. The van der Waals surface area contributed by atoms with E-state index in [1.807, 2.05) is 58.6 Å². The summed E-state index contributed by atoms with van der Waals surface area (Å²) in [4.78, 5) is 48.7. The van der Waals surface area contributed by atoms with Crippen molar-refractivity contribution in [2.75, 3.05) is 31.5 Å². The molecule has 0 unspecified atom stereocenters. The number of ether oxygens (including phenoxy) is 2. The maximum absolute atomic E-state index is 13.4. The fourth-order valence-corrected chi connectivity index (χ4v) is 6.32. The van der Waals surface area contributed by atoms with E-state index in [1.54, 1.807) is 27.9 Å². The van der Waals surface area contributed by atoms with Crippen molar-refractivity contribution in [3.63, 3.8) is 0 Å². The summed E-state index contributed by atoms with van der Waals surface area (Å²) < 4.78 is 13.2. The van der Waals surface area contributed by atoms with Crippen LogP contribution in [0.1, 0.15) is 81.8 Å². The maximum Gasteiger partial charge on any atom is 0.410 e. The van der Waals surface area contributed by atoms with Crippen molar-refractivity contribution in [3.8, 4) is 5.75 Å². The molecule has 0 spiro atoms. The molecular formula is C34H47N7O5. The van der Waals surface area contributed by atoms with E-state index in [1.165, 1.54) is 6.20 Å². The number of hydrogen-bond donors (Lipinski definition) is 1. The standard InChI is InChI=1S/C34H47N7O5/c1-23(2)45-30-18-24(3)25(19-29(30)37-32(43)28-20-36-41-13-7-12-35-31(28)41)21-40(22-42)27-10-8-26(9-11-27)38-14-16-39(17-15-38)33(44)46-34(4,5)6/h7,12-13,18-20,22-23,26-27H,8-11,14-17,21H2,1-6H3,(H,37,43)/t26-,27-. The third-order valence-electron chi connectivity index (χ3n) is 8.68. The number of nitrogens with one attached hydrogen (secondary N) is 1. The molecule has 5 rings (SSSR count). The Morgan fingerprint density at radius 2 is 1.83 bits per heavy atom. The van der Waals surface area contributed by atoms with Gasteiger partial charge in [-0.3, -0.25) is 14.5 Å². The summed E-state index contributed by atoms with van der Waals surface area (Å²) in [6.07, 6.45) is 9.29. The van der Waals surface area contributed by atoms with Crippen LogP contribution in [0.4, 0.5) is 10.5 Å². The van der Waals surface area contributed by atoms with E-state index in [2.05, 4.69) is 20.3 Å². The third-order valence-corrected chi connectivity index (χ3v) is 8.68. The molecule has 1 saturated carbocycles. The fraction of sp³-hybridized carbons (Fsp3) is 0.559. The lowest BCUT2D eigenvalue weighted by molar-refractivity contribution is -0.121. The predicted molar refractivity (Wildman–Crippen MR) is 175 cm³/mol. The molecule has 1 aliphatic carbocycles. The van der Waals surface area contributed by atoms with Crippen LogP contribution in [0.2, 0.25) is 0 Å². The van der Waals surface area contributed by atoms with Crippen LogP contribution in [0.3, 0.4) is 0 Å². The first-order valence-corrected chi connectivity index (χ1v) is 16.2. The highest BCUT2D eigenvalue weighted by molar-refractivity contribution is 6.08. The van der Waals surface area contributed by atoms with Crippen LogP contribution in [-0.4, -0.2) is 97.7 Å². The summed E-state index contributed by atoms with van der Waals surface area (Å²) in [5, 5.41) is 7.25. The largest absolute Gasteiger partial charge is 0.489 e. The quantitative estimate of drug-likeness (QED) is 0.331. The summed E-state index contributed by atoms with van der Waals surface area (Å²) in [6, 6.07) is 6.16. The minimum absolute atomic E-state index is 0.0958. The second kappa shape index (κ2) is 14.1. The lowest BCUT2D eigenvalue weighted by Gasteiger charge is -2.43. The van der Waals surface area contributed by atoms with Gasteiger partial charge in [-0.25, -0.2) is 14.3 Å². The Morgan fingerprint density at radius 3 is 2.48 bits per heavy atom. The van der Waals surface area contributed by atoms with Crippen molar-refractivity contribution >= 4 is 29.7 Å². The lowest BCUT2D eigenvalue weighted by Crippen LogP contribution is -2.54. The van der Waals surface area contributed by atoms with Gasteiger partial charge in [0.05, 0.1) is 18.0 Å². The lowest BCUT2D eigenvalue weighted by atomic mass is 9.88. The molecule has 2 aromatic heterocycles. The van der Waals surface area contributed by atoms with Gasteiger partial charge in [-0.15, -0.1) is 0 Å². The number of piperazine rings is 1. The van der Waals surface area contributed by atoms with Crippen molar-refractivity contribution in [1.82, 2.24) is 29.3 Å². The van der Waals surface area contributed by atoms with Gasteiger partial charge in [0.25, 0.3) is 5.91 Å². The maximum atomic E-state index is 13.4. The van der Waals surface area contributed by atoms with E-state index in [0.29, 0.717) is 48.3 Å². The number of aromatic nitrogens is 3. The van der Waals surface area contributed by atoms with Gasteiger partial charge >= 0.3 is 6.09 Å². The summed E-state index contributed by atoms with van der Waals surface area (Å²) in [5.41, 5.74) is 2.78. The fourth-order valence-electron chi connectivity index (χ4n) is 6.32. The molecule has 0 bridgehead atoms. The molecule has 1 N–H and O–H groups in total. The zero-order chi connectivity index (χ0) is 33.0. The smallest absolute Gasteiger partial charge is 0.410 e. The highest BCUT2D eigenvalue weighted by atomic mass is 16.6. The molecule has 12 nitrogen and oxygen atoms in total. The molecular weight excluding hydrogens is 586 g/mol. The third kappa shape index (κ3) is 7.96. The summed E-state index contributed by atoms with van der Waals surface area (Å²) in [5.74, 6) is 0.230. The van der Waals surface area contributed by atoms with Gasteiger partial charge in [0.15, 0.2) is 5.65 Å². The number of fused-ring (bicyclic) bond motifs is 1. The summed E-state index contributed by atoms with van der Waals surface area (Å²) >= 11 is 0. The Balaban J connectivity index is 1.22. The first-order valence-electron chi connectivity index (χ1n) is 16.2. The Morgan fingerprint density at radius 1 is 1.11 bits per heavy atom. The molecule has 1 aliphatic heterocycles. The zero-order valence-electron chi connectivity index (χ0n) is 27.9. The molecule has 12 heteroatoms. The number of benzene rings is 1. The Hall–Kier alpha value is -4.19. The van der Waals surface area contributed by atoms with Crippen LogP contribution >= 0.6 is 0 Å². The molecule has 0 radical (unpaired) electrons. The molecule has 3 aromatic rings. The van der Waals surface area contributed by atoms with Gasteiger partial charge in [0, 0.05) is 57.2 Å². The van der Waals surface area contributed by atoms with Gasteiger partial charge in [-0.05, 0) is 96.6 Å². The molecule has 2 fully saturated rings. The summed E-state index contributed by atoms with van der Waals surface area (Å²) in [7, 11) is 0. The number of anilines is 1. The first-order chi connectivity index (χ1) is 21.9. The number of hydrogen-bond acceptors (Lipinski definition) is 8.